The third-order valence-electron chi connectivity index (χ3n) is 2.31. The summed E-state index contributed by atoms with van der Waals surface area (Å²) < 4.78 is 0. The Morgan fingerprint density at radius 3 is 2.53 bits per heavy atom. The fraction of sp³-hybridized carbons (Fsp3) is 0.200. The second-order valence-electron chi connectivity index (χ2n) is 3.87. The summed E-state index contributed by atoms with van der Waals surface area (Å²) in [6.45, 7) is 2.30. The third-order valence-corrected chi connectivity index (χ3v) is 2.31. The van der Waals surface area contributed by atoms with Crippen molar-refractivity contribution >= 4 is 11.8 Å². The molecule has 0 unspecified atom stereocenters. The average molecular weight is 258 g/mol. The molecule has 0 aliphatic carbocycles. The van der Waals surface area contributed by atoms with Gasteiger partial charge in [0, 0.05) is 12.6 Å². The van der Waals surface area contributed by atoms with Crippen LogP contribution in [0.5, 0.6) is 0 Å². The monoisotopic (exact) mass is 258 g/mol. The Hall–Kier alpha value is -2.36. The highest BCUT2D eigenvalue weighted by molar-refractivity contribution is 5.91. The zero-order valence-corrected chi connectivity index (χ0v) is 10.9. The average Bonchev–Trinajstić information content (AvgIpc) is 2.44. The molecule has 0 heterocycles. The second-order valence-corrected chi connectivity index (χ2v) is 3.87. The Morgan fingerprint density at radius 1 is 1.11 bits per heavy atom. The first-order valence-electron chi connectivity index (χ1n) is 6.10. The highest BCUT2D eigenvalue weighted by Crippen LogP contribution is 1.96. The Balaban J connectivity index is 2.23. The van der Waals surface area contributed by atoms with E-state index in [2.05, 4.69) is 10.6 Å². The van der Waals surface area contributed by atoms with E-state index < -0.39 is 0 Å². The van der Waals surface area contributed by atoms with Gasteiger partial charge in [0.1, 0.15) is 0 Å². The van der Waals surface area contributed by atoms with Gasteiger partial charge in [0.25, 0.3) is 0 Å². The van der Waals surface area contributed by atoms with Gasteiger partial charge in [0.05, 0.1) is 6.54 Å². The highest BCUT2D eigenvalue weighted by atomic mass is 16.2. The van der Waals surface area contributed by atoms with Gasteiger partial charge in [-0.05, 0) is 12.5 Å². The van der Waals surface area contributed by atoms with Gasteiger partial charge >= 0.3 is 0 Å². The van der Waals surface area contributed by atoms with E-state index in [0.29, 0.717) is 6.54 Å². The topological polar surface area (TPSA) is 58.2 Å². The van der Waals surface area contributed by atoms with Crippen LogP contribution in [0.4, 0.5) is 0 Å². The van der Waals surface area contributed by atoms with Crippen molar-refractivity contribution in [3.63, 3.8) is 0 Å². The molecule has 2 amide bonds. The largest absolute Gasteiger partial charge is 0.350 e. The second kappa shape index (κ2) is 8.69. The highest BCUT2D eigenvalue weighted by Gasteiger charge is 2.02. The van der Waals surface area contributed by atoms with Crippen LogP contribution in [0.3, 0.4) is 0 Å². The van der Waals surface area contributed by atoms with Crippen molar-refractivity contribution in [2.75, 3.05) is 6.54 Å². The van der Waals surface area contributed by atoms with Gasteiger partial charge in [-0.1, -0.05) is 48.6 Å². The molecule has 1 aromatic rings. The van der Waals surface area contributed by atoms with Crippen LogP contribution in [-0.2, 0) is 16.1 Å². The van der Waals surface area contributed by atoms with Crippen LogP contribution >= 0.6 is 0 Å². The summed E-state index contributed by atoms with van der Waals surface area (Å²) in [4.78, 5) is 22.8. The number of carbonyl (C=O) groups is 2. The predicted molar refractivity (Wildman–Crippen MR) is 75.3 cm³/mol. The van der Waals surface area contributed by atoms with Crippen LogP contribution < -0.4 is 10.6 Å². The van der Waals surface area contributed by atoms with Crippen molar-refractivity contribution in [1.82, 2.24) is 10.6 Å². The molecule has 0 saturated heterocycles. The minimum Gasteiger partial charge on any atom is -0.350 e. The van der Waals surface area contributed by atoms with Gasteiger partial charge in [-0.2, -0.15) is 0 Å². The van der Waals surface area contributed by atoms with Crippen LogP contribution in [0.1, 0.15) is 12.5 Å². The molecule has 0 aliphatic heterocycles. The van der Waals surface area contributed by atoms with Crippen molar-refractivity contribution in [3.05, 3.63) is 60.2 Å². The molecule has 100 valence electrons. The summed E-state index contributed by atoms with van der Waals surface area (Å²) >= 11 is 0. The van der Waals surface area contributed by atoms with Crippen molar-refractivity contribution in [2.45, 2.75) is 13.5 Å². The van der Waals surface area contributed by atoms with Gasteiger partial charge in [-0.25, -0.2) is 0 Å². The number of rotatable bonds is 6. The molecular weight excluding hydrogens is 240 g/mol. The van der Waals surface area contributed by atoms with E-state index in [0.717, 1.165) is 5.56 Å². The van der Waals surface area contributed by atoms with Crippen LogP contribution in [0.2, 0.25) is 0 Å². The molecule has 0 bridgehead atoms. The molecule has 4 heteroatoms. The van der Waals surface area contributed by atoms with Gasteiger partial charge in [-0.3, -0.25) is 9.59 Å². The molecule has 0 radical (unpaired) electrons. The molecule has 0 aliphatic rings. The van der Waals surface area contributed by atoms with E-state index in [1.165, 1.54) is 6.08 Å². The first-order chi connectivity index (χ1) is 9.22. The lowest BCUT2D eigenvalue weighted by molar-refractivity contribution is -0.124. The van der Waals surface area contributed by atoms with E-state index in [-0.39, 0.29) is 18.4 Å². The summed E-state index contributed by atoms with van der Waals surface area (Å²) in [5.41, 5.74) is 1.02. The first-order valence-corrected chi connectivity index (χ1v) is 6.10. The van der Waals surface area contributed by atoms with Gasteiger partial charge < -0.3 is 10.6 Å². The van der Waals surface area contributed by atoms with Crippen LogP contribution in [0.25, 0.3) is 0 Å². The summed E-state index contributed by atoms with van der Waals surface area (Å²) in [6.07, 6.45) is 6.56. The number of hydrogen-bond donors (Lipinski definition) is 2. The maximum Gasteiger partial charge on any atom is 0.244 e. The van der Waals surface area contributed by atoms with E-state index in [4.69, 9.17) is 0 Å². The third kappa shape index (κ3) is 6.83. The molecule has 0 atom stereocenters. The Labute approximate surface area is 113 Å². The molecule has 0 saturated carbocycles. The zero-order valence-electron chi connectivity index (χ0n) is 10.9. The number of carbonyl (C=O) groups excluding carboxylic acids is 2. The van der Waals surface area contributed by atoms with E-state index in [1.807, 2.05) is 43.3 Å². The first kappa shape index (κ1) is 14.7. The van der Waals surface area contributed by atoms with E-state index >= 15 is 0 Å². The van der Waals surface area contributed by atoms with Crippen molar-refractivity contribution < 1.29 is 9.59 Å². The maximum atomic E-state index is 11.5. The molecule has 1 rings (SSSR count). The normalized spacial score (nSPS) is 10.8. The maximum absolute atomic E-state index is 11.5. The lowest BCUT2D eigenvalue weighted by atomic mass is 10.2. The lowest BCUT2D eigenvalue weighted by Crippen LogP contribution is -2.35. The molecule has 0 spiro atoms. The minimum atomic E-state index is -0.284. The quantitative estimate of drug-likeness (QED) is 0.601. The molecule has 2 N–H and O–H groups in total. The summed E-state index contributed by atoms with van der Waals surface area (Å²) in [7, 11) is 0. The smallest absolute Gasteiger partial charge is 0.244 e. The van der Waals surface area contributed by atoms with Crippen LogP contribution in [-0.4, -0.2) is 18.4 Å². The fourth-order valence-electron chi connectivity index (χ4n) is 1.34. The zero-order chi connectivity index (χ0) is 13.9. The van der Waals surface area contributed by atoms with E-state index in [9.17, 15) is 9.59 Å². The summed E-state index contributed by atoms with van der Waals surface area (Å²) in [5, 5.41) is 5.24. The minimum absolute atomic E-state index is 0.0220. The Bertz CT molecular complexity index is 464. The number of benzene rings is 1. The SMILES string of the molecule is C/C=C/C=C/C(=O)NCC(=O)NCc1ccccc1. The van der Waals surface area contributed by atoms with Crippen LogP contribution in [0, 0.1) is 0 Å². The van der Waals surface area contributed by atoms with Gasteiger partial charge in [0.15, 0.2) is 0 Å². The Morgan fingerprint density at radius 2 is 1.84 bits per heavy atom. The number of hydrogen-bond acceptors (Lipinski definition) is 2. The van der Waals surface area contributed by atoms with Crippen LogP contribution in [0.15, 0.2) is 54.6 Å². The van der Waals surface area contributed by atoms with Gasteiger partial charge in [-0.15, -0.1) is 0 Å². The van der Waals surface area contributed by atoms with Gasteiger partial charge in [0.2, 0.25) is 11.8 Å². The number of nitrogens with one attached hydrogen (secondary N) is 2. The number of allylic oxidation sites excluding steroid dienone is 3. The molecule has 0 aromatic heterocycles. The lowest BCUT2D eigenvalue weighted by Gasteiger charge is -2.05. The number of amides is 2. The molecule has 1 aromatic carbocycles. The summed E-state index contributed by atoms with van der Waals surface area (Å²) in [6, 6.07) is 9.60. The summed E-state index contributed by atoms with van der Waals surface area (Å²) in [5.74, 6) is -0.496. The molecule has 4 nitrogen and oxygen atoms in total. The Kier molecular flexibility index (Phi) is 6.72. The predicted octanol–water partition coefficient (Wildman–Crippen LogP) is 1.55. The van der Waals surface area contributed by atoms with Crippen molar-refractivity contribution in [2.24, 2.45) is 0 Å². The fourth-order valence-corrected chi connectivity index (χ4v) is 1.34. The van der Waals surface area contributed by atoms with Crippen molar-refractivity contribution in [1.29, 1.82) is 0 Å². The molecule has 0 fully saturated rings. The molecule has 19 heavy (non-hydrogen) atoms. The van der Waals surface area contributed by atoms with E-state index in [1.54, 1.807) is 12.2 Å². The van der Waals surface area contributed by atoms with Crippen molar-refractivity contribution in [3.8, 4) is 0 Å². The standard InChI is InChI=1S/C15H18N2O2/c1-2-3-5-10-14(18)17-12-15(19)16-11-13-8-6-4-7-9-13/h2-10H,11-12H2,1H3,(H,16,19)(H,17,18)/b3-2+,10-5+. The molecular formula is C15H18N2O2.